The van der Waals surface area contributed by atoms with Gasteiger partial charge in [0.15, 0.2) is 0 Å². The lowest BCUT2D eigenvalue weighted by Gasteiger charge is -2.29. The van der Waals surface area contributed by atoms with Crippen molar-refractivity contribution < 1.29 is 31.8 Å². The second-order valence-electron chi connectivity index (χ2n) is 8.45. The standard InChI is InChI=1S/C27H21ClF3NO5/c1-34-17-6-8-18(9-7-17)36-25-23(33)19-10-11-22-20(24(19)37-26(25)27(29,30)31)14-32(15-35-22)13-12-16-4-2-3-5-21(16)28/h2-11H,12-15H2,1H3. The first kappa shape index (κ1) is 25.0. The normalized spacial score (nSPS) is 13.8. The molecule has 6 nitrogen and oxygen atoms in total. The fourth-order valence-corrected chi connectivity index (χ4v) is 4.39. The third-order valence-electron chi connectivity index (χ3n) is 6.06. The Labute approximate surface area is 214 Å². The number of methoxy groups -OCH3 is 1. The van der Waals surface area contributed by atoms with Crippen LogP contribution >= 0.6 is 11.6 Å². The maximum atomic E-state index is 14.0. The molecule has 0 atom stereocenters. The maximum Gasteiger partial charge on any atom is 0.453 e. The third-order valence-corrected chi connectivity index (χ3v) is 6.42. The average Bonchev–Trinajstić information content (AvgIpc) is 2.89. The summed E-state index contributed by atoms with van der Waals surface area (Å²) in [5.74, 6) is -1.56. The molecular formula is C27H21ClF3NO5. The van der Waals surface area contributed by atoms with E-state index in [0.29, 0.717) is 35.1 Å². The molecule has 2 heterocycles. The van der Waals surface area contributed by atoms with Gasteiger partial charge in [-0.3, -0.25) is 9.69 Å². The highest BCUT2D eigenvalue weighted by atomic mass is 35.5. The average molecular weight is 532 g/mol. The Balaban J connectivity index is 1.51. The highest BCUT2D eigenvalue weighted by Gasteiger charge is 2.41. The predicted octanol–water partition coefficient (Wildman–Crippen LogP) is 6.66. The molecule has 1 aliphatic rings. The molecule has 0 saturated heterocycles. The van der Waals surface area contributed by atoms with E-state index in [-0.39, 0.29) is 30.0 Å². The van der Waals surface area contributed by atoms with E-state index in [9.17, 15) is 18.0 Å². The molecule has 37 heavy (non-hydrogen) atoms. The fraction of sp³-hybridized carbons (Fsp3) is 0.222. The van der Waals surface area contributed by atoms with Gasteiger partial charge in [-0.1, -0.05) is 29.8 Å². The van der Waals surface area contributed by atoms with Crippen LogP contribution in [0.2, 0.25) is 5.02 Å². The first-order valence-electron chi connectivity index (χ1n) is 11.3. The number of alkyl halides is 3. The van der Waals surface area contributed by atoms with Crippen molar-refractivity contribution in [1.29, 1.82) is 0 Å². The molecule has 0 radical (unpaired) electrons. The van der Waals surface area contributed by atoms with Crippen molar-refractivity contribution in [3.05, 3.63) is 92.8 Å². The van der Waals surface area contributed by atoms with Crippen molar-refractivity contribution in [2.45, 2.75) is 19.1 Å². The summed E-state index contributed by atoms with van der Waals surface area (Å²) in [5.41, 5.74) is 0.195. The number of benzene rings is 3. The van der Waals surface area contributed by atoms with Crippen LogP contribution in [0.25, 0.3) is 11.0 Å². The van der Waals surface area contributed by atoms with Gasteiger partial charge in [-0.05, 0) is 54.4 Å². The van der Waals surface area contributed by atoms with Crippen LogP contribution < -0.4 is 19.6 Å². The molecule has 0 aliphatic carbocycles. The van der Waals surface area contributed by atoms with Crippen LogP contribution in [0.3, 0.4) is 0 Å². The summed E-state index contributed by atoms with van der Waals surface area (Å²) in [6, 6.07) is 16.2. The summed E-state index contributed by atoms with van der Waals surface area (Å²) >= 11 is 6.24. The molecule has 0 N–H and O–H groups in total. The zero-order valence-electron chi connectivity index (χ0n) is 19.6. The van der Waals surface area contributed by atoms with Crippen LogP contribution in [0.5, 0.6) is 23.0 Å². The van der Waals surface area contributed by atoms with E-state index in [2.05, 4.69) is 0 Å². The van der Waals surface area contributed by atoms with E-state index in [1.54, 1.807) is 12.1 Å². The Hall–Kier alpha value is -3.69. The van der Waals surface area contributed by atoms with E-state index >= 15 is 0 Å². The SMILES string of the molecule is COc1ccc(Oc2c(C(F)(F)F)oc3c4c(ccc3c2=O)OCN(CCc2ccccc2Cl)C4)cc1. The minimum Gasteiger partial charge on any atom is -0.497 e. The summed E-state index contributed by atoms with van der Waals surface area (Å²) in [6.07, 6.45) is -4.36. The Morgan fingerprint density at radius 1 is 1.03 bits per heavy atom. The van der Waals surface area contributed by atoms with Crippen molar-refractivity contribution in [2.75, 3.05) is 20.4 Å². The zero-order chi connectivity index (χ0) is 26.2. The predicted molar refractivity (Wildman–Crippen MR) is 132 cm³/mol. The van der Waals surface area contributed by atoms with Crippen molar-refractivity contribution in [1.82, 2.24) is 4.90 Å². The van der Waals surface area contributed by atoms with Crippen LogP contribution in [0.1, 0.15) is 16.9 Å². The zero-order valence-corrected chi connectivity index (χ0v) is 20.4. The maximum absolute atomic E-state index is 14.0. The first-order chi connectivity index (χ1) is 17.7. The summed E-state index contributed by atoms with van der Waals surface area (Å²) in [4.78, 5) is 15.2. The van der Waals surface area contributed by atoms with E-state index in [4.69, 9.17) is 30.2 Å². The molecule has 10 heteroatoms. The Morgan fingerprint density at radius 2 is 1.76 bits per heavy atom. The number of fused-ring (bicyclic) bond motifs is 3. The smallest absolute Gasteiger partial charge is 0.453 e. The van der Waals surface area contributed by atoms with Crippen molar-refractivity contribution in [3.8, 4) is 23.0 Å². The second kappa shape index (κ2) is 9.99. The Kier molecular flexibility index (Phi) is 6.74. The molecule has 0 amide bonds. The number of hydrogen-bond donors (Lipinski definition) is 0. The van der Waals surface area contributed by atoms with Gasteiger partial charge in [0.1, 0.15) is 29.6 Å². The molecule has 4 aromatic rings. The monoisotopic (exact) mass is 531 g/mol. The van der Waals surface area contributed by atoms with Gasteiger partial charge in [-0.25, -0.2) is 0 Å². The molecule has 3 aromatic carbocycles. The molecule has 1 aliphatic heterocycles. The molecule has 0 fully saturated rings. The topological polar surface area (TPSA) is 61.1 Å². The molecular weight excluding hydrogens is 511 g/mol. The van der Waals surface area contributed by atoms with E-state index in [1.807, 2.05) is 23.1 Å². The van der Waals surface area contributed by atoms with Crippen molar-refractivity contribution in [3.63, 3.8) is 0 Å². The molecule has 192 valence electrons. The van der Waals surface area contributed by atoms with E-state index in [1.165, 1.54) is 37.4 Å². The number of halogens is 4. The summed E-state index contributed by atoms with van der Waals surface area (Å²) in [6.45, 7) is 1.00. The summed E-state index contributed by atoms with van der Waals surface area (Å²) in [5, 5.41) is 0.600. The molecule has 0 bridgehead atoms. The third kappa shape index (κ3) is 5.10. The lowest BCUT2D eigenvalue weighted by Crippen LogP contribution is -2.34. The van der Waals surface area contributed by atoms with Crippen LogP contribution in [0.15, 0.2) is 69.9 Å². The number of rotatable bonds is 6. The van der Waals surface area contributed by atoms with Crippen LogP contribution in [0.4, 0.5) is 13.2 Å². The molecule has 1 aromatic heterocycles. The Bertz CT molecular complexity index is 1500. The van der Waals surface area contributed by atoms with Gasteiger partial charge in [0.05, 0.1) is 18.1 Å². The van der Waals surface area contributed by atoms with Gasteiger partial charge in [0.25, 0.3) is 5.76 Å². The second-order valence-corrected chi connectivity index (χ2v) is 8.86. The molecule has 5 rings (SSSR count). The van der Waals surface area contributed by atoms with Crippen molar-refractivity contribution in [2.24, 2.45) is 0 Å². The number of hydrogen-bond acceptors (Lipinski definition) is 6. The van der Waals surface area contributed by atoms with Crippen LogP contribution in [-0.4, -0.2) is 25.3 Å². The highest BCUT2D eigenvalue weighted by Crippen LogP contribution is 2.41. The minimum absolute atomic E-state index is 0.0324. The van der Waals surface area contributed by atoms with Gasteiger partial charge in [0, 0.05) is 18.1 Å². The highest BCUT2D eigenvalue weighted by molar-refractivity contribution is 6.31. The van der Waals surface area contributed by atoms with Gasteiger partial charge in [0.2, 0.25) is 11.2 Å². The summed E-state index contributed by atoms with van der Waals surface area (Å²) < 4.78 is 63.8. The van der Waals surface area contributed by atoms with Crippen molar-refractivity contribution >= 4 is 22.6 Å². The Morgan fingerprint density at radius 3 is 2.46 bits per heavy atom. The van der Waals surface area contributed by atoms with Gasteiger partial charge in [-0.15, -0.1) is 0 Å². The van der Waals surface area contributed by atoms with Gasteiger partial charge >= 0.3 is 6.18 Å². The largest absolute Gasteiger partial charge is 0.497 e. The quantitative estimate of drug-likeness (QED) is 0.277. The molecule has 0 saturated carbocycles. The van der Waals surface area contributed by atoms with E-state index in [0.717, 1.165) is 5.56 Å². The fourth-order valence-electron chi connectivity index (χ4n) is 4.16. The van der Waals surface area contributed by atoms with E-state index < -0.39 is 23.1 Å². The van der Waals surface area contributed by atoms with Crippen LogP contribution in [-0.2, 0) is 19.1 Å². The number of nitrogens with zero attached hydrogens (tertiary/aromatic N) is 1. The first-order valence-corrected chi connectivity index (χ1v) is 11.7. The van der Waals surface area contributed by atoms with Gasteiger partial charge < -0.3 is 18.6 Å². The summed E-state index contributed by atoms with van der Waals surface area (Å²) in [7, 11) is 1.46. The van der Waals surface area contributed by atoms with Gasteiger partial charge in [-0.2, -0.15) is 13.2 Å². The molecule has 0 spiro atoms. The number of ether oxygens (including phenoxy) is 3. The molecule has 0 unspecified atom stereocenters. The lowest BCUT2D eigenvalue weighted by molar-refractivity contribution is -0.154. The van der Waals surface area contributed by atoms with Crippen LogP contribution in [0, 0.1) is 0 Å². The lowest BCUT2D eigenvalue weighted by atomic mass is 10.1. The minimum atomic E-state index is -4.98.